The summed E-state index contributed by atoms with van der Waals surface area (Å²) in [5.74, 6) is 2.59. The van der Waals surface area contributed by atoms with E-state index in [1.807, 2.05) is 6.92 Å². The van der Waals surface area contributed by atoms with Crippen LogP contribution in [0.15, 0.2) is 12.1 Å². The molecular formula is C17H26N2O2. The Morgan fingerprint density at radius 3 is 2.81 bits per heavy atom. The van der Waals surface area contributed by atoms with Crippen LogP contribution in [0.5, 0.6) is 11.5 Å². The lowest BCUT2D eigenvalue weighted by molar-refractivity contribution is 0.253. The lowest BCUT2D eigenvalue weighted by Gasteiger charge is -2.19. The summed E-state index contributed by atoms with van der Waals surface area (Å²) < 4.78 is 11.7. The highest BCUT2D eigenvalue weighted by Crippen LogP contribution is 2.36. The Bertz CT molecular complexity index is 508. The van der Waals surface area contributed by atoms with E-state index in [0.717, 1.165) is 37.6 Å². The van der Waals surface area contributed by atoms with Crippen LogP contribution in [-0.4, -0.2) is 36.7 Å². The Hall–Kier alpha value is -1.26. The number of nitrogens with zero attached hydrogens (tertiary/aromatic N) is 1. The van der Waals surface area contributed by atoms with Crippen LogP contribution in [0.3, 0.4) is 0 Å². The van der Waals surface area contributed by atoms with Crippen molar-refractivity contribution in [1.29, 1.82) is 0 Å². The number of likely N-dealkylation sites (tertiary alicyclic amines) is 1. The lowest BCUT2D eigenvalue weighted by Crippen LogP contribution is -2.28. The van der Waals surface area contributed by atoms with Crippen LogP contribution in [-0.2, 0) is 13.0 Å². The minimum Gasteiger partial charge on any atom is -0.494 e. The summed E-state index contributed by atoms with van der Waals surface area (Å²) >= 11 is 0. The zero-order valence-electron chi connectivity index (χ0n) is 13.3. The predicted molar refractivity (Wildman–Crippen MR) is 83.8 cm³/mol. The van der Waals surface area contributed by atoms with Gasteiger partial charge in [0.2, 0.25) is 0 Å². The van der Waals surface area contributed by atoms with Gasteiger partial charge in [0.1, 0.15) is 17.6 Å². The second-order valence-corrected chi connectivity index (χ2v) is 6.47. The molecular weight excluding hydrogens is 264 g/mol. The minimum absolute atomic E-state index is 0.268. The van der Waals surface area contributed by atoms with Gasteiger partial charge in [0.25, 0.3) is 0 Å². The van der Waals surface area contributed by atoms with Gasteiger partial charge in [0.15, 0.2) is 0 Å². The van der Waals surface area contributed by atoms with Crippen LogP contribution >= 0.6 is 0 Å². The van der Waals surface area contributed by atoms with Crippen LogP contribution in [0.25, 0.3) is 0 Å². The maximum atomic E-state index is 6.13. The van der Waals surface area contributed by atoms with Crippen LogP contribution < -0.4 is 15.2 Å². The van der Waals surface area contributed by atoms with Crippen molar-refractivity contribution < 1.29 is 9.47 Å². The smallest absolute Gasteiger partial charge is 0.124 e. The van der Waals surface area contributed by atoms with Gasteiger partial charge < -0.3 is 15.2 Å². The molecule has 2 heterocycles. The molecule has 0 aromatic heterocycles. The third-order valence-corrected chi connectivity index (χ3v) is 4.52. The van der Waals surface area contributed by atoms with E-state index in [1.54, 1.807) is 0 Å². The Morgan fingerprint density at radius 1 is 1.33 bits per heavy atom. The lowest BCUT2D eigenvalue weighted by atomic mass is 10.1. The first-order valence-corrected chi connectivity index (χ1v) is 8.00. The summed E-state index contributed by atoms with van der Waals surface area (Å²) in [6.07, 6.45) is 1.24. The zero-order chi connectivity index (χ0) is 15.0. The normalized spacial score (nSPS) is 28.5. The first kappa shape index (κ1) is 14.7. The minimum atomic E-state index is 0.268. The van der Waals surface area contributed by atoms with Crippen LogP contribution in [0, 0.1) is 5.92 Å². The van der Waals surface area contributed by atoms with Gasteiger partial charge in [-0.1, -0.05) is 6.92 Å². The van der Waals surface area contributed by atoms with Crippen molar-refractivity contribution in [1.82, 2.24) is 4.90 Å². The molecule has 0 saturated carbocycles. The second kappa shape index (κ2) is 5.85. The third kappa shape index (κ3) is 3.01. The molecule has 3 rings (SSSR count). The standard InChI is InChI=1S/C17H26N2O2/c1-4-20-16-6-13-5-12(3)21-17(13)7-14(16)9-19-8-11(2)15(18)10-19/h6-7,11-12,15H,4-5,8-10,18H2,1-3H3. The molecule has 0 radical (unpaired) electrons. The van der Waals surface area contributed by atoms with Gasteiger partial charge in [-0.15, -0.1) is 0 Å². The number of nitrogens with two attached hydrogens (primary N) is 1. The molecule has 2 N–H and O–H groups in total. The predicted octanol–water partition coefficient (Wildman–Crippen LogP) is 2.19. The molecule has 1 fully saturated rings. The molecule has 1 saturated heterocycles. The third-order valence-electron chi connectivity index (χ3n) is 4.52. The van der Waals surface area contributed by atoms with Crippen LogP contribution in [0.4, 0.5) is 0 Å². The fourth-order valence-corrected chi connectivity index (χ4v) is 3.36. The van der Waals surface area contributed by atoms with Crippen molar-refractivity contribution >= 4 is 0 Å². The Morgan fingerprint density at radius 2 is 2.14 bits per heavy atom. The number of hydrogen-bond donors (Lipinski definition) is 1. The first-order chi connectivity index (χ1) is 10.1. The molecule has 1 aromatic carbocycles. The SMILES string of the molecule is CCOc1cc2c(cc1CN1CC(C)C(N)C1)OC(C)C2. The number of benzene rings is 1. The molecule has 1 aromatic rings. The van der Waals surface area contributed by atoms with Crippen molar-refractivity contribution in [3.8, 4) is 11.5 Å². The Kier molecular flexibility index (Phi) is 4.09. The zero-order valence-corrected chi connectivity index (χ0v) is 13.3. The Labute approximate surface area is 127 Å². The van der Waals surface area contributed by atoms with E-state index in [-0.39, 0.29) is 12.1 Å². The Balaban J connectivity index is 1.82. The molecule has 4 heteroatoms. The maximum absolute atomic E-state index is 6.13. The fraction of sp³-hybridized carbons (Fsp3) is 0.647. The van der Waals surface area contributed by atoms with Gasteiger partial charge in [-0.25, -0.2) is 0 Å². The van der Waals surface area contributed by atoms with E-state index in [9.17, 15) is 0 Å². The monoisotopic (exact) mass is 290 g/mol. The largest absolute Gasteiger partial charge is 0.494 e. The summed E-state index contributed by atoms with van der Waals surface area (Å²) in [6, 6.07) is 4.61. The van der Waals surface area contributed by atoms with Gasteiger partial charge in [-0.2, -0.15) is 0 Å². The van der Waals surface area contributed by atoms with E-state index in [2.05, 4.69) is 30.9 Å². The molecule has 0 amide bonds. The molecule has 3 unspecified atom stereocenters. The number of fused-ring (bicyclic) bond motifs is 1. The quantitative estimate of drug-likeness (QED) is 0.923. The van der Waals surface area contributed by atoms with Gasteiger partial charge in [0, 0.05) is 43.2 Å². The van der Waals surface area contributed by atoms with E-state index >= 15 is 0 Å². The summed E-state index contributed by atoms with van der Waals surface area (Å²) in [5.41, 5.74) is 8.61. The number of rotatable bonds is 4. The average Bonchev–Trinajstić information content (AvgIpc) is 2.92. The van der Waals surface area contributed by atoms with Gasteiger partial charge in [-0.3, -0.25) is 4.90 Å². The number of hydrogen-bond acceptors (Lipinski definition) is 4. The molecule has 2 aliphatic rings. The highest BCUT2D eigenvalue weighted by atomic mass is 16.5. The average molecular weight is 290 g/mol. The van der Waals surface area contributed by atoms with E-state index in [1.165, 1.54) is 11.1 Å². The molecule has 0 spiro atoms. The van der Waals surface area contributed by atoms with Gasteiger partial charge in [0.05, 0.1) is 6.61 Å². The summed E-state index contributed by atoms with van der Waals surface area (Å²) in [4.78, 5) is 2.41. The van der Waals surface area contributed by atoms with Crippen molar-refractivity contribution in [3.05, 3.63) is 23.3 Å². The highest BCUT2D eigenvalue weighted by molar-refractivity contribution is 5.48. The molecule has 0 bridgehead atoms. The summed E-state index contributed by atoms with van der Waals surface area (Å²) in [6.45, 7) is 9.96. The molecule has 21 heavy (non-hydrogen) atoms. The van der Waals surface area contributed by atoms with Crippen molar-refractivity contribution in [2.75, 3.05) is 19.7 Å². The van der Waals surface area contributed by atoms with E-state index in [0.29, 0.717) is 12.5 Å². The summed E-state index contributed by atoms with van der Waals surface area (Å²) in [5, 5.41) is 0. The number of ether oxygens (including phenoxy) is 2. The highest BCUT2D eigenvalue weighted by Gasteiger charge is 2.28. The molecule has 4 nitrogen and oxygen atoms in total. The fourth-order valence-electron chi connectivity index (χ4n) is 3.36. The van der Waals surface area contributed by atoms with Crippen LogP contribution in [0.1, 0.15) is 31.9 Å². The van der Waals surface area contributed by atoms with Gasteiger partial charge in [-0.05, 0) is 31.9 Å². The molecule has 2 aliphatic heterocycles. The molecule has 3 atom stereocenters. The molecule has 116 valence electrons. The topological polar surface area (TPSA) is 47.7 Å². The first-order valence-electron chi connectivity index (χ1n) is 8.00. The van der Waals surface area contributed by atoms with Crippen molar-refractivity contribution in [2.24, 2.45) is 11.7 Å². The van der Waals surface area contributed by atoms with E-state index < -0.39 is 0 Å². The van der Waals surface area contributed by atoms with Gasteiger partial charge >= 0.3 is 0 Å². The second-order valence-electron chi connectivity index (χ2n) is 6.47. The van der Waals surface area contributed by atoms with Crippen molar-refractivity contribution in [3.63, 3.8) is 0 Å². The summed E-state index contributed by atoms with van der Waals surface area (Å²) in [7, 11) is 0. The van der Waals surface area contributed by atoms with Crippen molar-refractivity contribution in [2.45, 2.75) is 45.9 Å². The van der Waals surface area contributed by atoms with E-state index in [4.69, 9.17) is 15.2 Å². The maximum Gasteiger partial charge on any atom is 0.124 e. The molecule has 0 aliphatic carbocycles. The van der Waals surface area contributed by atoms with Crippen LogP contribution in [0.2, 0.25) is 0 Å².